The van der Waals surface area contributed by atoms with Gasteiger partial charge in [0.15, 0.2) is 17.3 Å². The van der Waals surface area contributed by atoms with Gasteiger partial charge < -0.3 is 30.3 Å². The Kier molecular flexibility index (Phi) is 9.52. The van der Waals surface area contributed by atoms with Gasteiger partial charge in [0.05, 0.1) is 37.9 Å². The molecule has 10 heteroatoms. The lowest BCUT2D eigenvalue weighted by Gasteiger charge is -2.19. The van der Waals surface area contributed by atoms with Crippen molar-refractivity contribution in [3.63, 3.8) is 0 Å². The predicted molar refractivity (Wildman–Crippen MR) is 191 cm³/mol. The summed E-state index contributed by atoms with van der Waals surface area (Å²) in [5.41, 5.74) is 5.73. The number of benzene rings is 5. The number of para-hydroxylation sites is 1. The van der Waals surface area contributed by atoms with Crippen LogP contribution in [0.5, 0.6) is 17.2 Å². The lowest BCUT2D eigenvalue weighted by molar-refractivity contribution is 0.0973. The molecule has 0 aliphatic rings. The summed E-state index contributed by atoms with van der Waals surface area (Å²) in [5, 5.41) is 9.13. The molecule has 0 aliphatic heterocycles. The third-order valence-electron chi connectivity index (χ3n) is 7.80. The largest absolute Gasteiger partial charge is 0.493 e. The fourth-order valence-electron chi connectivity index (χ4n) is 5.50. The quantitative estimate of drug-likeness (QED) is 0.136. The van der Waals surface area contributed by atoms with Crippen LogP contribution in [0.4, 0.5) is 5.69 Å². The van der Waals surface area contributed by atoms with E-state index in [0.717, 1.165) is 16.5 Å². The average Bonchev–Trinajstić information content (AvgIpc) is 3.13. The number of amides is 1. The Balaban J connectivity index is 1.42. The molecule has 0 saturated carbocycles. The standard InChI is InChI=1S/C38H35N5O5/c1-46-33-23-25(24-34(47-2)35(33)48-3)22-32(42-37(44)27-13-5-4-6-14-27)36-41-31-18-10-9-17-29(31)38(45)43(36)40-21-20-39-30-19-11-15-26-12-7-8-16-28(26)30/h4-19,22-24,39-40H,20-21H2,1-3H3,(H,42,44)/b32-22-. The summed E-state index contributed by atoms with van der Waals surface area (Å²) in [7, 11) is 4.59. The van der Waals surface area contributed by atoms with Gasteiger partial charge in [-0.25, -0.2) is 9.66 Å². The van der Waals surface area contributed by atoms with E-state index in [1.807, 2.05) is 36.4 Å². The molecule has 0 fully saturated rings. The van der Waals surface area contributed by atoms with Crippen molar-refractivity contribution in [3.8, 4) is 17.2 Å². The van der Waals surface area contributed by atoms with Crippen molar-refractivity contribution < 1.29 is 19.0 Å². The molecule has 0 bridgehead atoms. The number of ether oxygens (including phenoxy) is 3. The second kappa shape index (κ2) is 14.4. The highest BCUT2D eigenvalue weighted by atomic mass is 16.5. The van der Waals surface area contributed by atoms with Gasteiger partial charge in [-0.05, 0) is 59.5 Å². The van der Waals surface area contributed by atoms with Crippen LogP contribution < -0.4 is 35.8 Å². The molecule has 5 aromatic carbocycles. The van der Waals surface area contributed by atoms with Crippen LogP contribution in [0.15, 0.2) is 114 Å². The summed E-state index contributed by atoms with van der Waals surface area (Å²) < 4.78 is 18.0. The van der Waals surface area contributed by atoms with Crippen molar-refractivity contribution in [2.45, 2.75) is 0 Å². The Bertz CT molecular complexity index is 2150. The van der Waals surface area contributed by atoms with Gasteiger partial charge in [0.2, 0.25) is 5.75 Å². The SMILES string of the molecule is COc1cc(/C=C(\NC(=O)c2ccccc2)c2nc3ccccc3c(=O)n2NCCNc2cccc3ccccc23)cc(OC)c1OC. The molecular formula is C38H35N5O5. The topological polar surface area (TPSA) is 116 Å². The summed E-state index contributed by atoms with van der Waals surface area (Å²) in [5.74, 6) is 1.12. The minimum Gasteiger partial charge on any atom is -0.493 e. The van der Waals surface area contributed by atoms with Gasteiger partial charge in [0.25, 0.3) is 11.5 Å². The Morgan fingerprint density at radius 3 is 2.17 bits per heavy atom. The lowest BCUT2D eigenvalue weighted by atomic mass is 10.1. The van der Waals surface area contributed by atoms with E-state index in [4.69, 9.17) is 19.2 Å². The first-order valence-electron chi connectivity index (χ1n) is 15.4. The maximum absolute atomic E-state index is 14.0. The number of aromatic nitrogens is 2. The highest BCUT2D eigenvalue weighted by molar-refractivity contribution is 6.01. The number of methoxy groups -OCH3 is 3. The molecule has 0 spiro atoms. The summed E-state index contributed by atoms with van der Waals surface area (Å²) in [6, 6.07) is 33.7. The van der Waals surface area contributed by atoms with Gasteiger partial charge in [0, 0.05) is 29.7 Å². The van der Waals surface area contributed by atoms with E-state index in [9.17, 15) is 9.59 Å². The molecule has 0 aliphatic carbocycles. The van der Waals surface area contributed by atoms with Gasteiger partial charge in [0.1, 0.15) is 0 Å². The fraction of sp³-hybridized carbons (Fsp3) is 0.132. The van der Waals surface area contributed by atoms with Gasteiger partial charge in [-0.15, -0.1) is 0 Å². The first-order valence-corrected chi connectivity index (χ1v) is 15.4. The molecule has 48 heavy (non-hydrogen) atoms. The molecule has 3 N–H and O–H groups in total. The van der Waals surface area contributed by atoms with Crippen molar-refractivity contribution in [2.24, 2.45) is 0 Å². The lowest BCUT2D eigenvalue weighted by Crippen LogP contribution is -2.37. The van der Waals surface area contributed by atoms with Gasteiger partial charge in [-0.1, -0.05) is 66.7 Å². The first-order chi connectivity index (χ1) is 23.5. The minimum atomic E-state index is -0.374. The van der Waals surface area contributed by atoms with Crippen LogP contribution in [-0.2, 0) is 0 Å². The summed E-state index contributed by atoms with van der Waals surface area (Å²) >= 11 is 0. The summed E-state index contributed by atoms with van der Waals surface area (Å²) in [6.07, 6.45) is 1.72. The second-order valence-electron chi connectivity index (χ2n) is 10.8. The molecule has 0 atom stereocenters. The minimum absolute atomic E-state index is 0.210. The highest BCUT2D eigenvalue weighted by Gasteiger charge is 2.20. The Morgan fingerprint density at radius 2 is 1.44 bits per heavy atom. The second-order valence-corrected chi connectivity index (χ2v) is 10.8. The number of nitrogens with zero attached hydrogens (tertiary/aromatic N) is 2. The number of rotatable bonds is 12. The van der Waals surface area contributed by atoms with Gasteiger partial charge >= 0.3 is 0 Å². The van der Waals surface area contributed by atoms with Crippen LogP contribution in [0.1, 0.15) is 21.7 Å². The van der Waals surface area contributed by atoms with Crippen molar-refractivity contribution >= 4 is 45.0 Å². The Hall–Kier alpha value is -6.29. The van der Waals surface area contributed by atoms with E-state index in [2.05, 4.69) is 34.3 Å². The van der Waals surface area contributed by atoms with Crippen molar-refractivity contribution in [1.29, 1.82) is 0 Å². The maximum atomic E-state index is 14.0. The third kappa shape index (κ3) is 6.63. The van der Waals surface area contributed by atoms with E-state index in [-0.39, 0.29) is 23.0 Å². The van der Waals surface area contributed by atoms with Gasteiger partial charge in [-0.3, -0.25) is 9.59 Å². The molecular weight excluding hydrogens is 606 g/mol. The van der Waals surface area contributed by atoms with E-state index in [0.29, 0.717) is 52.4 Å². The van der Waals surface area contributed by atoms with Crippen molar-refractivity contribution in [2.75, 3.05) is 45.2 Å². The van der Waals surface area contributed by atoms with Crippen LogP contribution in [0.3, 0.4) is 0 Å². The number of hydrogen-bond donors (Lipinski definition) is 3. The highest BCUT2D eigenvalue weighted by Crippen LogP contribution is 2.39. The van der Waals surface area contributed by atoms with Crippen molar-refractivity contribution in [1.82, 2.24) is 15.0 Å². The zero-order chi connectivity index (χ0) is 33.5. The zero-order valence-corrected chi connectivity index (χ0v) is 26.8. The molecule has 0 saturated heterocycles. The number of carbonyl (C=O) groups excluding carboxylic acids is 1. The third-order valence-corrected chi connectivity index (χ3v) is 7.80. The van der Waals surface area contributed by atoms with Crippen LogP contribution in [0.2, 0.25) is 0 Å². The van der Waals surface area contributed by atoms with Crippen molar-refractivity contribution in [3.05, 3.63) is 136 Å². The van der Waals surface area contributed by atoms with E-state index in [1.165, 1.54) is 26.0 Å². The fourth-order valence-corrected chi connectivity index (χ4v) is 5.50. The van der Waals surface area contributed by atoms with E-state index in [1.54, 1.807) is 60.7 Å². The van der Waals surface area contributed by atoms with Gasteiger partial charge in [-0.2, -0.15) is 0 Å². The number of nitrogens with one attached hydrogen (secondary N) is 3. The van der Waals surface area contributed by atoms with Crippen LogP contribution in [-0.4, -0.2) is 50.0 Å². The van der Waals surface area contributed by atoms with Crippen LogP contribution in [0.25, 0.3) is 33.4 Å². The van der Waals surface area contributed by atoms with Crippen LogP contribution >= 0.6 is 0 Å². The number of anilines is 1. The van der Waals surface area contributed by atoms with Crippen LogP contribution in [0, 0.1) is 0 Å². The first kappa shape index (κ1) is 31.7. The monoisotopic (exact) mass is 641 g/mol. The zero-order valence-electron chi connectivity index (χ0n) is 26.8. The maximum Gasteiger partial charge on any atom is 0.280 e. The Morgan fingerprint density at radius 1 is 0.771 bits per heavy atom. The molecule has 0 radical (unpaired) electrons. The summed E-state index contributed by atoms with van der Waals surface area (Å²) in [4.78, 5) is 32.5. The Labute approximate surface area is 277 Å². The molecule has 1 amide bonds. The van der Waals surface area contributed by atoms with E-state index < -0.39 is 0 Å². The number of carbonyl (C=O) groups is 1. The molecule has 1 aromatic heterocycles. The number of fused-ring (bicyclic) bond motifs is 2. The molecule has 1 heterocycles. The smallest absolute Gasteiger partial charge is 0.280 e. The predicted octanol–water partition coefficient (Wildman–Crippen LogP) is 6.16. The average molecular weight is 642 g/mol. The number of hydrogen-bond acceptors (Lipinski definition) is 8. The molecule has 6 rings (SSSR count). The molecule has 0 unspecified atom stereocenters. The molecule has 6 aromatic rings. The normalized spacial score (nSPS) is 11.3. The van der Waals surface area contributed by atoms with E-state index >= 15 is 0 Å². The summed E-state index contributed by atoms with van der Waals surface area (Å²) in [6.45, 7) is 0.856. The molecule has 242 valence electrons. The molecule has 10 nitrogen and oxygen atoms in total.